The zero-order valence-corrected chi connectivity index (χ0v) is 13.2. The van der Waals surface area contributed by atoms with E-state index in [1.165, 1.54) is 0 Å². The maximum Gasteiger partial charge on any atom is 0.0651 e. The van der Waals surface area contributed by atoms with Crippen molar-refractivity contribution >= 4 is 67.2 Å². The van der Waals surface area contributed by atoms with Gasteiger partial charge in [-0.3, -0.25) is 0 Å². The van der Waals surface area contributed by atoms with Crippen molar-refractivity contribution in [2.24, 2.45) is 0 Å². The molecule has 2 nitrogen and oxygen atoms in total. The minimum absolute atomic E-state index is 0.675. The van der Waals surface area contributed by atoms with Gasteiger partial charge in [-0.05, 0) is 59.0 Å². The van der Waals surface area contributed by atoms with Gasteiger partial charge < -0.3 is 11.1 Å². The van der Waals surface area contributed by atoms with Crippen LogP contribution in [0.5, 0.6) is 0 Å². The fraction of sp³-hybridized carbons (Fsp3) is 0. The molecule has 0 atom stereocenters. The number of halogens is 3. The van der Waals surface area contributed by atoms with Crippen LogP contribution in [0.25, 0.3) is 0 Å². The van der Waals surface area contributed by atoms with Crippen molar-refractivity contribution in [1.29, 1.82) is 0 Å². The summed E-state index contributed by atoms with van der Waals surface area (Å²) in [5.74, 6) is 0. The predicted octanol–water partition coefficient (Wildman–Crippen LogP) is 5.03. The Labute approximate surface area is 127 Å². The number of anilines is 3. The third-order valence-corrected chi connectivity index (χ3v) is 3.69. The average Bonchev–Trinajstić information content (AvgIpc) is 2.25. The molecule has 2 rings (SSSR count). The van der Waals surface area contributed by atoms with E-state index in [1.54, 1.807) is 0 Å². The van der Waals surface area contributed by atoms with E-state index in [0.29, 0.717) is 10.7 Å². The van der Waals surface area contributed by atoms with Crippen LogP contribution in [0.1, 0.15) is 0 Å². The molecule has 0 fully saturated rings. The molecular formula is C12H9BrClIN2. The monoisotopic (exact) mass is 422 g/mol. The summed E-state index contributed by atoms with van der Waals surface area (Å²) < 4.78 is 2.05. The summed E-state index contributed by atoms with van der Waals surface area (Å²) in [5.41, 5.74) is 8.28. The van der Waals surface area contributed by atoms with E-state index in [4.69, 9.17) is 17.3 Å². The van der Waals surface area contributed by atoms with Gasteiger partial charge in [0.15, 0.2) is 0 Å². The van der Waals surface area contributed by atoms with Crippen LogP contribution in [0.15, 0.2) is 40.9 Å². The number of hydrogen-bond acceptors (Lipinski definition) is 2. The molecule has 0 radical (unpaired) electrons. The van der Waals surface area contributed by atoms with Crippen LogP contribution < -0.4 is 11.1 Å². The highest BCUT2D eigenvalue weighted by Crippen LogP contribution is 2.30. The maximum absolute atomic E-state index is 6.15. The van der Waals surface area contributed by atoms with Crippen molar-refractivity contribution in [3.8, 4) is 0 Å². The molecule has 0 aromatic heterocycles. The maximum atomic E-state index is 6.15. The molecule has 0 aliphatic heterocycles. The fourth-order valence-corrected chi connectivity index (χ4v) is 2.67. The smallest absolute Gasteiger partial charge is 0.0651 e. The molecule has 0 bridgehead atoms. The Morgan fingerprint density at radius 3 is 2.47 bits per heavy atom. The number of hydrogen-bond donors (Lipinski definition) is 2. The Hall–Kier alpha value is -0.460. The van der Waals surface area contributed by atoms with Gasteiger partial charge in [0, 0.05) is 8.04 Å². The first-order chi connectivity index (χ1) is 8.06. The lowest BCUT2D eigenvalue weighted by atomic mass is 10.2. The molecule has 0 saturated carbocycles. The number of rotatable bonds is 2. The molecule has 5 heteroatoms. The standard InChI is InChI=1S/C12H9BrClIN2/c13-7-1-3-12(10(16)5-7)17-11-4-2-8(15)6-9(11)14/h1-6,17H,16H2. The second kappa shape index (κ2) is 5.46. The van der Waals surface area contributed by atoms with Crippen molar-refractivity contribution in [3.63, 3.8) is 0 Å². The fourth-order valence-electron chi connectivity index (χ4n) is 1.38. The van der Waals surface area contributed by atoms with E-state index >= 15 is 0 Å². The summed E-state index contributed by atoms with van der Waals surface area (Å²) in [6.07, 6.45) is 0. The molecular weight excluding hydrogens is 414 g/mol. The quantitative estimate of drug-likeness (QED) is 0.525. The van der Waals surface area contributed by atoms with Crippen molar-refractivity contribution in [3.05, 3.63) is 49.5 Å². The van der Waals surface area contributed by atoms with Crippen LogP contribution in [-0.4, -0.2) is 0 Å². The van der Waals surface area contributed by atoms with Crippen LogP contribution in [-0.2, 0) is 0 Å². The Morgan fingerprint density at radius 1 is 1.12 bits per heavy atom. The molecule has 0 heterocycles. The predicted molar refractivity (Wildman–Crippen MR) is 86.0 cm³/mol. The van der Waals surface area contributed by atoms with E-state index in [-0.39, 0.29) is 0 Å². The lowest BCUT2D eigenvalue weighted by molar-refractivity contribution is 1.52. The number of nitrogens with two attached hydrogens (primary N) is 1. The van der Waals surface area contributed by atoms with Gasteiger partial charge in [-0.1, -0.05) is 27.5 Å². The highest BCUT2D eigenvalue weighted by Gasteiger charge is 2.04. The molecule has 0 aliphatic rings. The topological polar surface area (TPSA) is 38.0 Å². The van der Waals surface area contributed by atoms with Gasteiger partial charge >= 0.3 is 0 Å². The molecule has 0 amide bonds. The van der Waals surface area contributed by atoms with Crippen LogP contribution >= 0.6 is 50.1 Å². The molecule has 0 spiro atoms. The van der Waals surface area contributed by atoms with Gasteiger partial charge in [-0.15, -0.1) is 0 Å². The number of benzene rings is 2. The molecule has 0 unspecified atom stereocenters. The van der Waals surface area contributed by atoms with Crippen molar-refractivity contribution in [2.75, 3.05) is 11.1 Å². The summed E-state index contributed by atoms with van der Waals surface area (Å²) in [5, 5.41) is 3.89. The van der Waals surface area contributed by atoms with Gasteiger partial charge in [0.25, 0.3) is 0 Å². The van der Waals surface area contributed by atoms with Crippen LogP contribution in [0, 0.1) is 3.57 Å². The normalized spacial score (nSPS) is 10.3. The lowest BCUT2D eigenvalue weighted by Gasteiger charge is -2.11. The van der Waals surface area contributed by atoms with E-state index in [2.05, 4.69) is 43.8 Å². The first-order valence-corrected chi connectivity index (χ1v) is 7.08. The first kappa shape index (κ1) is 13.0. The molecule has 0 saturated heterocycles. The van der Waals surface area contributed by atoms with Crippen LogP contribution in [0.2, 0.25) is 5.02 Å². The van der Waals surface area contributed by atoms with Crippen molar-refractivity contribution in [2.45, 2.75) is 0 Å². The Balaban J connectivity index is 2.31. The SMILES string of the molecule is Nc1cc(Br)ccc1Nc1ccc(I)cc1Cl. The van der Waals surface area contributed by atoms with E-state index < -0.39 is 0 Å². The number of nitrogens with one attached hydrogen (secondary N) is 1. The van der Waals surface area contributed by atoms with Crippen LogP contribution in [0.4, 0.5) is 17.1 Å². The van der Waals surface area contributed by atoms with Gasteiger partial charge in [0.1, 0.15) is 0 Å². The first-order valence-electron chi connectivity index (χ1n) is 4.83. The van der Waals surface area contributed by atoms with E-state index in [9.17, 15) is 0 Å². The second-order valence-corrected chi connectivity index (χ2v) is 6.05. The lowest BCUT2D eigenvalue weighted by Crippen LogP contribution is -1.96. The van der Waals surface area contributed by atoms with Gasteiger partial charge in [-0.25, -0.2) is 0 Å². The van der Waals surface area contributed by atoms with Gasteiger partial charge in [0.05, 0.1) is 22.1 Å². The second-order valence-electron chi connectivity index (χ2n) is 3.48. The molecule has 3 N–H and O–H groups in total. The van der Waals surface area contributed by atoms with Gasteiger partial charge in [-0.2, -0.15) is 0 Å². The summed E-state index contributed by atoms with van der Waals surface area (Å²) >= 11 is 11.7. The summed E-state index contributed by atoms with van der Waals surface area (Å²) in [6.45, 7) is 0. The minimum atomic E-state index is 0.675. The Kier molecular flexibility index (Phi) is 4.17. The van der Waals surface area contributed by atoms with Crippen molar-refractivity contribution in [1.82, 2.24) is 0 Å². The summed E-state index contributed by atoms with van der Waals surface area (Å²) in [7, 11) is 0. The zero-order valence-electron chi connectivity index (χ0n) is 8.68. The van der Waals surface area contributed by atoms with Crippen molar-refractivity contribution < 1.29 is 0 Å². The summed E-state index contributed by atoms with van der Waals surface area (Å²) in [6, 6.07) is 11.5. The highest BCUT2D eigenvalue weighted by molar-refractivity contribution is 14.1. The average molecular weight is 423 g/mol. The Bertz CT molecular complexity index is 511. The molecule has 2 aromatic rings. The van der Waals surface area contributed by atoms with E-state index in [0.717, 1.165) is 19.4 Å². The third-order valence-electron chi connectivity index (χ3n) is 2.21. The molecule has 17 heavy (non-hydrogen) atoms. The largest absolute Gasteiger partial charge is 0.397 e. The Morgan fingerprint density at radius 2 is 1.82 bits per heavy atom. The van der Waals surface area contributed by atoms with Gasteiger partial charge in [0.2, 0.25) is 0 Å². The molecule has 0 aliphatic carbocycles. The number of nitrogen functional groups attached to an aromatic ring is 1. The van der Waals surface area contributed by atoms with Crippen LogP contribution in [0.3, 0.4) is 0 Å². The third kappa shape index (κ3) is 3.26. The highest BCUT2D eigenvalue weighted by atomic mass is 127. The molecule has 2 aromatic carbocycles. The summed E-state index contributed by atoms with van der Waals surface area (Å²) in [4.78, 5) is 0. The molecule has 88 valence electrons. The minimum Gasteiger partial charge on any atom is -0.397 e. The zero-order chi connectivity index (χ0) is 12.4. The van der Waals surface area contributed by atoms with E-state index in [1.807, 2.05) is 36.4 Å².